The van der Waals surface area contributed by atoms with E-state index in [2.05, 4.69) is 25.2 Å². The van der Waals surface area contributed by atoms with Crippen LogP contribution in [0.1, 0.15) is 22.2 Å². The zero-order chi connectivity index (χ0) is 15.4. The lowest BCUT2D eigenvalue weighted by atomic mass is 10.1. The SMILES string of the molecule is CNC(=O)c1ccc([C@@H]2CN(c3cncnc3)CCO2)nc1. The molecule has 1 aliphatic heterocycles. The van der Waals surface area contributed by atoms with Gasteiger partial charge in [-0.05, 0) is 12.1 Å². The van der Waals surface area contributed by atoms with Crippen LogP contribution in [0.5, 0.6) is 0 Å². The van der Waals surface area contributed by atoms with E-state index in [-0.39, 0.29) is 12.0 Å². The van der Waals surface area contributed by atoms with Crippen molar-refractivity contribution in [2.75, 3.05) is 31.6 Å². The van der Waals surface area contributed by atoms with E-state index in [1.54, 1.807) is 31.7 Å². The van der Waals surface area contributed by atoms with Gasteiger partial charge in [-0.2, -0.15) is 0 Å². The van der Waals surface area contributed by atoms with E-state index in [1.807, 2.05) is 6.07 Å². The first-order valence-corrected chi connectivity index (χ1v) is 7.07. The average Bonchev–Trinajstić information content (AvgIpc) is 2.62. The molecule has 0 radical (unpaired) electrons. The van der Waals surface area contributed by atoms with Gasteiger partial charge in [0.25, 0.3) is 5.91 Å². The number of morpholine rings is 1. The lowest BCUT2D eigenvalue weighted by molar-refractivity contribution is 0.0369. The highest BCUT2D eigenvalue weighted by molar-refractivity contribution is 5.93. The standard InChI is InChI=1S/C15H17N5O2/c1-16-15(21)11-2-3-13(19-6-11)14-9-20(4-5-22-14)12-7-17-10-18-8-12/h2-3,6-8,10,14H,4-5,9H2,1H3,(H,16,21)/t14-/m0/s1. The van der Waals surface area contributed by atoms with E-state index in [0.29, 0.717) is 18.7 Å². The summed E-state index contributed by atoms with van der Waals surface area (Å²) in [5.74, 6) is -0.147. The van der Waals surface area contributed by atoms with Gasteiger partial charge in [0.2, 0.25) is 0 Å². The van der Waals surface area contributed by atoms with Crippen molar-refractivity contribution < 1.29 is 9.53 Å². The van der Waals surface area contributed by atoms with Gasteiger partial charge in [-0.1, -0.05) is 0 Å². The summed E-state index contributed by atoms with van der Waals surface area (Å²) in [6.07, 6.45) is 6.53. The maximum atomic E-state index is 11.5. The molecule has 1 saturated heterocycles. The summed E-state index contributed by atoms with van der Waals surface area (Å²) in [5.41, 5.74) is 2.32. The van der Waals surface area contributed by atoms with Crippen LogP contribution in [-0.2, 0) is 4.74 Å². The Morgan fingerprint density at radius 1 is 1.32 bits per heavy atom. The number of amides is 1. The molecule has 0 spiro atoms. The quantitative estimate of drug-likeness (QED) is 0.903. The minimum absolute atomic E-state index is 0.132. The van der Waals surface area contributed by atoms with Crippen molar-refractivity contribution in [2.45, 2.75) is 6.10 Å². The normalized spacial score (nSPS) is 18.0. The number of ether oxygens (including phenoxy) is 1. The van der Waals surface area contributed by atoms with Gasteiger partial charge in [0.05, 0.1) is 42.5 Å². The molecule has 22 heavy (non-hydrogen) atoms. The molecule has 3 heterocycles. The van der Waals surface area contributed by atoms with Crippen LogP contribution in [0.2, 0.25) is 0 Å². The van der Waals surface area contributed by atoms with Crippen molar-refractivity contribution in [3.8, 4) is 0 Å². The number of nitrogens with one attached hydrogen (secondary N) is 1. The summed E-state index contributed by atoms with van der Waals surface area (Å²) in [7, 11) is 1.60. The molecule has 0 aromatic carbocycles. The highest BCUT2D eigenvalue weighted by atomic mass is 16.5. The van der Waals surface area contributed by atoms with E-state index in [0.717, 1.165) is 17.9 Å². The van der Waals surface area contributed by atoms with Gasteiger partial charge in [0.1, 0.15) is 12.4 Å². The summed E-state index contributed by atoms with van der Waals surface area (Å²) in [6, 6.07) is 3.59. The van der Waals surface area contributed by atoms with Crippen molar-refractivity contribution >= 4 is 11.6 Å². The molecule has 1 amide bonds. The van der Waals surface area contributed by atoms with Crippen LogP contribution < -0.4 is 10.2 Å². The number of carbonyl (C=O) groups excluding carboxylic acids is 1. The number of carbonyl (C=O) groups is 1. The number of hydrogen-bond acceptors (Lipinski definition) is 6. The van der Waals surface area contributed by atoms with Gasteiger partial charge in [-0.15, -0.1) is 0 Å². The molecule has 2 aromatic rings. The van der Waals surface area contributed by atoms with E-state index >= 15 is 0 Å². The number of pyridine rings is 1. The van der Waals surface area contributed by atoms with E-state index < -0.39 is 0 Å². The Labute approximate surface area is 128 Å². The zero-order valence-electron chi connectivity index (χ0n) is 12.3. The molecule has 1 fully saturated rings. The lowest BCUT2D eigenvalue weighted by Gasteiger charge is -2.33. The van der Waals surface area contributed by atoms with Crippen molar-refractivity contribution in [3.05, 3.63) is 48.3 Å². The Morgan fingerprint density at radius 3 is 2.82 bits per heavy atom. The fourth-order valence-electron chi connectivity index (χ4n) is 2.39. The van der Waals surface area contributed by atoms with Crippen molar-refractivity contribution in [3.63, 3.8) is 0 Å². The minimum Gasteiger partial charge on any atom is -0.368 e. The first kappa shape index (κ1) is 14.4. The molecule has 1 atom stereocenters. The third-order valence-corrected chi connectivity index (χ3v) is 3.58. The molecule has 0 unspecified atom stereocenters. The number of aromatic nitrogens is 3. The maximum Gasteiger partial charge on any atom is 0.252 e. The van der Waals surface area contributed by atoms with E-state index in [1.165, 1.54) is 6.33 Å². The molecule has 3 rings (SSSR count). The second kappa shape index (κ2) is 6.48. The Hall–Kier alpha value is -2.54. The molecule has 0 saturated carbocycles. The molecule has 0 aliphatic carbocycles. The van der Waals surface area contributed by atoms with Crippen LogP contribution in [0.3, 0.4) is 0 Å². The fourth-order valence-corrected chi connectivity index (χ4v) is 2.39. The molecular formula is C15H17N5O2. The predicted octanol–water partition coefficient (Wildman–Crippen LogP) is 0.809. The second-order valence-electron chi connectivity index (χ2n) is 4.95. The summed E-state index contributed by atoms with van der Waals surface area (Å²) in [5, 5.41) is 2.58. The third-order valence-electron chi connectivity index (χ3n) is 3.58. The highest BCUT2D eigenvalue weighted by Gasteiger charge is 2.23. The Kier molecular flexibility index (Phi) is 4.24. The van der Waals surface area contributed by atoms with Crippen LogP contribution in [-0.4, -0.2) is 47.6 Å². The number of anilines is 1. The van der Waals surface area contributed by atoms with E-state index in [9.17, 15) is 4.79 Å². The van der Waals surface area contributed by atoms with E-state index in [4.69, 9.17) is 4.74 Å². The van der Waals surface area contributed by atoms with Crippen LogP contribution in [0.15, 0.2) is 37.1 Å². The highest BCUT2D eigenvalue weighted by Crippen LogP contribution is 2.24. The molecule has 1 N–H and O–H groups in total. The molecule has 7 nitrogen and oxygen atoms in total. The maximum absolute atomic E-state index is 11.5. The van der Waals surface area contributed by atoms with Gasteiger partial charge in [-0.3, -0.25) is 9.78 Å². The second-order valence-corrected chi connectivity index (χ2v) is 4.95. The Morgan fingerprint density at radius 2 is 2.14 bits per heavy atom. The van der Waals surface area contributed by atoms with Crippen LogP contribution in [0.25, 0.3) is 0 Å². The van der Waals surface area contributed by atoms with Crippen molar-refractivity contribution in [1.82, 2.24) is 20.3 Å². The Bertz CT molecular complexity index is 632. The molecule has 0 bridgehead atoms. The Balaban J connectivity index is 1.73. The van der Waals surface area contributed by atoms with Gasteiger partial charge < -0.3 is 15.0 Å². The summed E-state index contributed by atoms with van der Waals surface area (Å²) < 4.78 is 5.80. The van der Waals surface area contributed by atoms with Gasteiger partial charge in [0, 0.05) is 19.8 Å². The van der Waals surface area contributed by atoms with Crippen molar-refractivity contribution in [1.29, 1.82) is 0 Å². The first-order chi connectivity index (χ1) is 10.8. The monoisotopic (exact) mass is 299 g/mol. The largest absolute Gasteiger partial charge is 0.368 e. The number of hydrogen-bond donors (Lipinski definition) is 1. The van der Waals surface area contributed by atoms with Crippen LogP contribution in [0, 0.1) is 0 Å². The zero-order valence-corrected chi connectivity index (χ0v) is 12.3. The van der Waals surface area contributed by atoms with Gasteiger partial charge >= 0.3 is 0 Å². The van der Waals surface area contributed by atoms with Crippen LogP contribution in [0.4, 0.5) is 5.69 Å². The topological polar surface area (TPSA) is 80.2 Å². The predicted molar refractivity (Wildman–Crippen MR) is 80.6 cm³/mol. The molecule has 2 aromatic heterocycles. The minimum atomic E-state index is -0.147. The number of rotatable bonds is 3. The summed E-state index contributed by atoms with van der Waals surface area (Å²) >= 11 is 0. The fraction of sp³-hybridized carbons (Fsp3) is 0.333. The van der Waals surface area contributed by atoms with Gasteiger partial charge in [-0.25, -0.2) is 9.97 Å². The summed E-state index contributed by atoms with van der Waals surface area (Å²) in [4.78, 5) is 26.1. The third kappa shape index (κ3) is 3.04. The first-order valence-electron chi connectivity index (χ1n) is 7.07. The summed E-state index contributed by atoms with van der Waals surface area (Å²) in [6.45, 7) is 2.08. The van der Waals surface area contributed by atoms with Gasteiger partial charge in [0.15, 0.2) is 0 Å². The van der Waals surface area contributed by atoms with Crippen molar-refractivity contribution in [2.24, 2.45) is 0 Å². The molecule has 7 heteroatoms. The molecule has 1 aliphatic rings. The smallest absolute Gasteiger partial charge is 0.252 e. The lowest BCUT2D eigenvalue weighted by Crippen LogP contribution is -2.38. The average molecular weight is 299 g/mol. The molecular weight excluding hydrogens is 282 g/mol. The molecule has 114 valence electrons. The number of nitrogens with zero attached hydrogens (tertiary/aromatic N) is 4. The van der Waals surface area contributed by atoms with Crippen LogP contribution >= 0.6 is 0 Å².